The van der Waals surface area contributed by atoms with E-state index >= 15 is 0 Å². The fraction of sp³-hybridized carbons (Fsp3) is 0. The molecule has 6 nitrogen and oxygen atoms in total. The molecule has 14 heavy (non-hydrogen) atoms. The van der Waals surface area contributed by atoms with Gasteiger partial charge in [0, 0.05) is 35.6 Å². The van der Waals surface area contributed by atoms with E-state index in [0.717, 1.165) is 12.1 Å². The summed E-state index contributed by atoms with van der Waals surface area (Å²) in [6, 6.07) is 3.31. The molecule has 0 spiro atoms. The Balaban J connectivity index is 0.00000169. The van der Waals surface area contributed by atoms with Gasteiger partial charge < -0.3 is 10.2 Å². The average Bonchev–Trinajstić information content (AvgIpc) is 2.03. The SMILES string of the molecule is O=C(O)c1cccc([N+](=O)[O-])c1O.[Na]. The molecule has 0 aliphatic rings. The van der Waals surface area contributed by atoms with Crippen molar-refractivity contribution in [3.8, 4) is 5.75 Å². The van der Waals surface area contributed by atoms with Crippen LogP contribution in [0.4, 0.5) is 5.69 Å². The molecule has 1 radical (unpaired) electrons. The molecule has 0 saturated carbocycles. The van der Waals surface area contributed by atoms with Crippen molar-refractivity contribution in [3.05, 3.63) is 33.9 Å². The molecule has 1 aromatic carbocycles. The molecule has 0 atom stereocenters. The topological polar surface area (TPSA) is 101 Å². The van der Waals surface area contributed by atoms with Gasteiger partial charge in [0.2, 0.25) is 5.75 Å². The number of para-hydroxylation sites is 1. The van der Waals surface area contributed by atoms with Crippen LogP contribution in [0.25, 0.3) is 0 Å². The largest absolute Gasteiger partial charge is 0.501 e. The van der Waals surface area contributed by atoms with Gasteiger partial charge in [-0.2, -0.15) is 0 Å². The standard InChI is InChI=1S/C7H5NO5.Na/c9-6-4(7(10)11)2-1-3-5(6)8(12)13;/h1-3,9H,(H,10,11);. The Bertz CT molecular complexity index is 346. The normalized spacial score (nSPS) is 8.86. The number of carboxylic acids is 1. The second kappa shape index (κ2) is 4.94. The first-order chi connectivity index (χ1) is 6.04. The summed E-state index contributed by atoms with van der Waals surface area (Å²) in [4.78, 5) is 19.8. The first kappa shape index (κ1) is 12.9. The van der Waals surface area contributed by atoms with Gasteiger partial charge in [-0.25, -0.2) is 4.79 Å². The molecular formula is C7H5NNaO5. The van der Waals surface area contributed by atoms with Crippen molar-refractivity contribution in [1.82, 2.24) is 0 Å². The molecule has 0 amide bonds. The third-order valence-electron chi connectivity index (χ3n) is 1.44. The number of aromatic hydroxyl groups is 1. The molecule has 1 aromatic rings. The molecule has 1 rings (SSSR count). The van der Waals surface area contributed by atoms with Gasteiger partial charge in [0.05, 0.1) is 4.92 Å². The van der Waals surface area contributed by atoms with E-state index in [-0.39, 0.29) is 29.6 Å². The Kier molecular flexibility index (Phi) is 4.55. The van der Waals surface area contributed by atoms with Crippen molar-refractivity contribution < 1.29 is 19.9 Å². The van der Waals surface area contributed by atoms with Gasteiger partial charge in [0.1, 0.15) is 5.56 Å². The third kappa shape index (κ3) is 2.44. The monoisotopic (exact) mass is 206 g/mol. The van der Waals surface area contributed by atoms with E-state index in [2.05, 4.69) is 0 Å². The Morgan fingerprint density at radius 3 is 2.43 bits per heavy atom. The number of phenols is 1. The van der Waals surface area contributed by atoms with Crippen molar-refractivity contribution in [2.45, 2.75) is 0 Å². The number of rotatable bonds is 2. The minimum Gasteiger partial charge on any atom is -0.501 e. The van der Waals surface area contributed by atoms with Crippen molar-refractivity contribution in [3.63, 3.8) is 0 Å². The van der Waals surface area contributed by atoms with E-state index in [9.17, 15) is 14.9 Å². The summed E-state index contributed by atoms with van der Waals surface area (Å²) in [7, 11) is 0. The van der Waals surface area contributed by atoms with Crippen LogP contribution in [-0.4, -0.2) is 50.7 Å². The molecule has 0 fully saturated rings. The van der Waals surface area contributed by atoms with Crippen LogP contribution in [0, 0.1) is 10.1 Å². The van der Waals surface area contributed by atoms with Gasteiger partial charge in [-0.05, 0) is 6.07 Å². The quantitative estimate of drug-likeness (QED) is 0.419. The van der Waals surface area contributed by atoms with Gasteiger partial charge in [-0.3, -0.25) is 10.1 Å². The second-order valence-electron chi connectivity index (χ2n) is 2.24. The first-order valence-corrected chi connectivity index (χ1v) is 3.23. The Labute approximate surface area is 101 Å². The summed E-state index contributed by atoms with van der Waals surface area (Å²) in [5.41, 5.74) is -1.09. The number of carboxylic acid groups (broad SMARTS) is 1. The van der Waals surface area contributed by atoms with E-state index in [1.165, 1.54) is 6.07 Å². The van der Waals surface area contributed by atoms with Crippen LogP contribution < -0.4 is 0 Å². The number of nitro benzene ring substituents is 1. The van der Waals surface area contributed by atoms with Crippen molar-refractivity contribution in [1.29, 1.82) is 0 Å². The van der Waals surface area contributed by atoms with Gasteiger partial charge in [-0.15, -0.1) is 0 Å². The van der Waals surface area contributed by atoms with E-state index < -0.39 is 27.9 Å². The molecule has 0 heterocycles. The summed E-state index contributed by atoms with van der Waals surface area (Å²) < 4.78 is 0. The van der Waals surface area contributed by atoms with Crippen molar-refractivity contribution >= 4 is 41.2 Å². The van der Waals surface area contributed by atoms with Crippen LogP contribution >= 0.6 is 0 Å². The van der Waals surface area contributed by atoms with Gasteiger partial charge in [0.15, 0.2) is 0 Å². The van der Waals surface area contributed by atoms with Crippen molar-refractivity contribution in [2.75, 3.05) is 0 Å². The maximum atomic E-state index is 10.4. The van der Waals surface area contributed by atoms with E-state index in [4.69, 9.17) is 10.2 Å². The fourth-order valence-corrected chi connectivity index (χ4v) is 0.851. The van der Waals surface area contributed by atoms with E-state index in [1.54, 1.807) is 0 Å². The minimum atomic E-state index is -1.40. The van der Waals surface area contributed by atoms with Crippen molar-refractivity contribution in [2.24, 2.45) is 0 Å². The molecular weight excluding hydrogens is 201 g/mol. The van der Waals surface area contributed by atoms with Gasteiger partial charge in [0.25, 0.3) is 0 Å². The zero-order valence-corrected chi connectivity index (χ0v) is 9.30. The first-order valence-electron chi connectivity index (χ1n) is 3.23. The smallest absolute Gasteiger partial charge is 0.339 e. The number of aromatic carboxylic acids is 1. The second-order valence-corrected chi connectivity index (χ2v) is 2.24. The Morgan fingerprint density at radius 2 is 2.00 bits per heavy atom. The summed E-state index contributed by atoms with van der Waals surface area (Å²) >= 11 is 0. The fourth-order valence-electron chi connectivity index (χ4n) is 0.851. The van der Waals surface area contributed by atoms with Crippen LogP contribution in [0.5, 0.6) is 5.75 Å². The summed E-state index contributed by atoms with van der Waals surface area (Å²) in [6.07, 6.45) is 0. The van der Waals surface area contributed by atoms with E-state index in [0.29, 0.717) is 0 Å². The van der Waals surface area contributed by atoms with Crippen LogP contribution in [0.2, 0.25) is 0 Å². The Hall–Kier alpha value is -1.11. The van der Waals surface area contributed by atoms with Crippen LogP contribution in [-0.2, 0) is 0 Å². The maximum Gasteiger partial charge on any atom is 0.339 e. The molecule has 0 aromatic heterocycles. The predicted molar refractivity (Wildman–Crippen MR) is 47.5 cm³/mol. The Morgan fingerprint density at radius 1 is 1.43 bits per heavy atom. The minimum absolute atomic E-state index is 0. The number of carbonyl (C=O) groups is 1. The number of hydrogen-bond donors (Lipinski definition) is 2. The number of hydrogen-bond acceptors (Lipinski definition) is 4. The zero-order chi connectivity index (χ0) is 10.0. The van der Waals surface area contributed by atoms with Gasteiger partial charge in [-0.1, -0.05) is 6.07 Å². The van der Waals surface area contributed by atoms with Crippen LogP contribution in [0.3, 0.4) is 0 Å². The molecule has 0 aliphatic heterocycles. The molecule has 69 valence electrons. The summed E-state index contributed by atoms with van der Waals surface area (Å²) in [5.74, 6) is -2.22. The van der Waals surface area contributed by atoms with Crippen LogP contribution in [0.1, 0.15) is 10.4 Å². The number of nitro groups is 1. The molecule has 2 N–H and O–H groups in total. The molecule has 0 bridgehead atoms. The van der Waals surface area contributed by atoms with Crippen LogP contribution in [0.15, 0.2) is 18.2 Å². The number of benzene rings is 1. The molecule has 0 aliphatic carbocycles. The molecule has 7 heteroatoms. The zero-order valence-electron chi connectivity index (χ0n) is 7.30. The third-order valence-corrected chi connectivity index (χ3v) is 1.44. The average molecular weight is 206 g/mol. The summed E-state index contributed by atoms with van der Waals surface area (Å²) in [6.45, 7) is 0. The molecule has 0 unspecified atom stereocenters. The molecule has 0 saturated heterocycles. The maximum absolute atomic E-state index is 10.4. The van der Waals surface area contributed by atoms with E-state index in [1.807, 2.05) is 0 Å². The summed E-state index contributed by atoms with van der Waals surface area (Å²) in [5, 5.41) is 27.8. The van der Waals surface area contributed by atoms with Gasteiger partial charge >= 0.3 is 11.7 Å². The predicted octanol–water partition coefficient (Wildman–Crippen LogP) is 0.618. The number of nitrogens with zero attached hydrogens (tertiary/aromatic N) is 1.